The SMILES string of the molecule is Cc1c(C#N)c(NC(=O)CSc2nncn2Cc2ccco2)n(C2CCCC2)c1C. The van der Waals surface area contributed by atoms with E-state index in [2.05, 4.69) is 26.2 Å². The predicted molar refractivity (Wildman–Crippen MR) is 113 cm³/mol. The molecule has 1 aliphatic rings. The van der Waals surface area contributed by atoms with Gasteiger partial charge in [-0.05, 0) is 44.4 Å². The van der Waals surface area contributed by atoms with Crippen molar-refractivity contribution in [1.82, 2.24) is 19.3 Å². The Labute approximate surface area is 179 Å². The Morgan fingerprint density at radius 3 is 2.90 bits per heavy atom. The van der Waals surface area contributed by atoms with Crippen LogP contribution < -0.4 is 5.32 Å². The van der Waals surface area contributed by atoms with Gasteiger partial charge in [-0.3, -0.25) is 4.79 Å². The zero-order chi connectivity index (χ0) is 21.1. The van der Waals surface area contributed by atoms with Gasteiger partial charge in [0.15, 0.2) is 5.16 Å². The molecular weight excluding hydrogens is 400 g/mol. The van der Waals surface area contributed by atoms with Gasteiger partial charge in [0.2, 0.25) is 5.91 Å². The van der Waals surface area contributed by atoms with Gasteiger partial charge < -0.3 is 18.9 Å². The van der Waals surface area contributed by atoms with Crippen LogP contribution in [-0.2, 0) is 11.3 Å². The van der Waals surface area contributed by atoms with Gasteiger partial charge in [0.1, 0.15) is 24.0 Å². The topological polar surface area (TPSA) is 102 Å². The van der Waals surface area contributed by atoms with Crippen LogP contribution in [0.5, 0.6) is 0 Å². The number of rotatable bonds is 7. The molecule has 0 radical (unpaired) electrons. The molecule has 0 unspecified atom stereocenters. The van der Waals surface area contributed by atoms with Gasteiger partial charge in [-0.15, -0.1) is 10.2 Å². The zero-order valence-electron chi connectivity index (χ0n) is 17.1. The van der Waals surface area contributed by atoms with Crippen LogP contribution in [0.4, 0.5) is 5.82 Å². The first-order chi connectivity index (χ1) is 14.6. The second-order valence-electron chi connectivity index (χ2n) is 7.51. The lowest BCUT2D eigenvalue weighted by Gasteiger charge is -2.19. The number of hydrogen-bond acceptors (Lipinski definition) is 6. The number of aromatic nitrogens is 4. The number of anilines is 1. The van der Waals surface area contributed by atoms with Crippen LogP contribution in [0.3, 0.4) is 0 Å². The van der Waals surface area contributed by atoms with Crippen molar-refractivity contribution < 1.29 is 9.21 Å². The number of hydrogen-bond donors (Lipinski definition) is 1. The molecule has 1 aliphatic carbocycles. The summed E-state index contributed by atoms with van der Waals surface area (Å²) in [6, 6.07) is 6.33. The third-order valence-corrected chi connectivity index (χ3v) is 6.62. The Bertz CT molecular complexity index is 1070. The summed E-state index contributed by atoms with van der Waals surface area (Å²) in [6.45, 7) is 4.47. The summed E-state index contributed by atoms with van der Waals surface area (Å²) in [5, 5.41) is 21.4. The summed E-state index contributed by atoms with van der Waals surface area (Å²) in [5.41, 5.74) is 2.55. The number of nitriles is 1. The molecule has 3 aromatic heterocycles. The van der Waals surface area contributed by atoms with Crippen molar-refractivity contribution in [3.63, 3.8) is 0 Å². The molecule has 0 aromatic carbocycles. The van der Waals surface area contributed by atoms with Crippen LogP contribution >= 0.6 is 11.8 Å². The standard InChI is InChI=1S/C21H24N6O2S/c1-14-15(2)27(16-6-3-4-7-16)20(18(14)10-22)24-19(28)12-30-21-25-23-13-26(21)11-17-8-5-9-29-17/h5,8-9,13,16H,3-4,6-7,11-12H2,1-2H3,(H,24,28). The molecule has 0 atom stereocenters. The van der Waals surface area contributed by atoms with Crippen LogP contribution in [-0.4, -0.2) is 31.0 Å². The zero-order valence-corrected chi connectivity index (χ0v) is 17.9. The minimum Gasteiger partial charge on any atom is -0.467 e. The van der Waals surface area contributed by atoms with Gasteiger partial charge in [0.25, 0.3) is 0 Å². The highest BCUT2D eigenvalue weighted by Crippen LogP contribution is 2.37. The van der Waals surface area contributed by atoms with Crippen LogP contribution in [0.25, 0.3) is 0 Å². The predicted octanol–water partition coefficient (Wildman–Crippen LogP) is 4.06. The van der Waals surface area contributed by atoms with Crippen LogP contribution in [0, 0.1) is 25.2 Å². The number of nitrogens with zero attached hydrogens (tertiary/aromatic N) is 5. The summed E-state index contributed by atoms with van der Waals surface area (Å²) in [7, 11) is 0. The Balaban J connectivity index is 1.47. The number of nitrogens with one attached hydrogen (secondary N) is 1. The number of carbonyl (C=O) groups excluding carboxylic acids is 1. The highest BCUT2D eigenvalue weighted by Gasteiger charge is 2.26. The Morgan fingerprint density at radius 1 is 1.40 bits per heavy atom. The fourth-order valence-electron chi connectivity index (χ4n) is 4.04. The van der Waals surface area contributed by atoms with Crippen molar-refractivity contribution in [3.8, 4) is 6.07 Å². The van der Waals surface area contributed by atoms with Gasteiger partial charge in [-0.1, -0.05) is 24.6 Å². The lowest BCUT2D eigenvalue weighted by molar-refractivity contribution is -0.113. The molecule has 156 valence electrons. The van der Waals surface area contributed by atoms with E-state index in [0.717, 1.165) is 29.9 Å². The average Bonchev–Trinajstić information content (AvgIpc) is 3.52. The highest BCUT2D eigenvalue weighted by molar-refractivity contribution is 7.99. The largest absolute Gasteiger partial charge is 0.467 e. The minimum absolute atomic E-state index is 0.166. The van der Waals surface area contributed by atoms with Crippen LogP contribution in [0.2, 0.25) is 0 Å². The van der Waals surface area contributed by atoms with Crippen LogP contribution in [0.15, 0.2) is 34.3 Å². The van der Waals surface area contributed by atoms with Gasteiger partial charge >= 0.3 is 0 Å². The molecule has 0 bridgehead atoms. The summed E-state index contributed by atoms with van der Waals surface area (Å²) in [4.78, 5) is 12.8. The summed E-state index contributed by atoms with van der Waals surface area (Å²) < 4.78 is 9.36. The summed E-state index contributed by atoms with van der Waals surface area (Å²) in [5.74, 6) is 1.43. The number of amides is 1. The molecule has 8 nitrogen and oxygen atoms in total. The molecular formula is C21H24N6O2S. The molecule has 1 amide bonds. The number of furan rings is 1. The molecule has 1 fully saturated rings. The maximum Gasteiger partial charge on any atom is 0.235 e. The van der Waals surface area contributed by atoms with E-state index in [9.17, 15) is 10.1 Å². The summed E-state index contributed by atoms with van der Waals surface area (Å²) in [6.07, 6.45) is 7.75. The van der Waals surface area contributed by atoms with Gasteiger partial charge in [-0.25, -0.2) is 0 Å². The monoisotopic (exact) mass is 424 g/mol. The minimum atomic E-state index is -0.166. The maximum absolute atomic E-state index is 12.8. The third-order valence-electron chi connectivity index (χ3n) is 5.63. The normalized spacial score (nSPS) is 14.2. The van der Waals surface area contributed by atoms with Gasteiger partial charge in [0, 0.05) is 11.7 Å². The first-order valence-electron chi connectivity index (χ1n) is 10.0. The second kappa shape index (κ2) is 8.79. The van der Waals surface area contributed by atoms with Gasteiger partial charge in [0.05, 0.1) is 24.1 Å². The first-order valence-corrected chi connectivity index (χ1v) is 11.0. The third kappa shape index (κ3) is 4.00. The smallest absolute Gasteiger partial charge is 0.235 e. The molecule has 0 spiro atoms. The maximum atomic E-state index is 12.8. The molecule has 4 rings (SSSR count). The van der Waals surface area contributed by atoms with E-state index in [-0.39, 0.29) is 11.7 Å². The molecule has 3 aromatic rings. The van der Waals surface area contributed by atoms with E-state index in [4.69, 9.17) is 4.42 Å². The lowest BCUT2D eigenvalue weighted by Crippen LogP contribution is -2.20. The Hall–Kier alpha value is -2.99. The fraction of sp³-hybridized carbons (Fsp3) is 0.429. The molecule has 0 saturated heterocycles. The fourth-order valence-corrected chi connectivity index (χ4v) is 4.75. The lowest BCUT2D eigenvalue weighted by atomic mass is 10.2. The quantitative estimate of drug-likeness (QED) is 0.574. The van der Waals surface area contributed by atoms with E-state index in [1.165, 1.54) is 24.6 Å². The molecule has 30 heavy (non-hydrogen) atoms. The van der Waals surface area contributed by atoms with E-state index in [1.54, 1.807) is 12.6 Å². The number of carbonyl (C=O) groups is 1. The van der Waals surface area contributed by atoms with Crippen molar-refractivity contribution in [2.24, 2.45) is 0 Å². The van der Waals surface area contributed by atoms with E-state index < -0.39 is 0 Å². The van der Waals surface area contributed by atoms with E-state index >= 15 is 0 Å². The molecule has 1 N–H and O–H groups in total. The Kier molecular flexibility index (Phi) is 5.95. The first kappa shape index (κ1) is 20.3. The van der Waals surface area contributed by atoms with Crippen LogP contribution in [0.1, 0.15) is 54.3 Å². The van der Waals surface area contributed by atoms with E-state index in [1.807, 2.05) is 30.5 Å². The number of thioether (sulfide) groups is 1. The van der Waals surface area contributed by atoms with Crippen molar-refractivity contribution in [2.75, 3.05) is 11.1 Å². The van der Waals surface area contributed by atoms with Gasteiger partial charge in [-0.2, -0.15) is 5.26 Å². The summed E-state index contributed by atoms with van der Waals surface area (Å²) >= 11 is 1.31. The highest BCUT2D eigenvalue weighted by atomic mass is 32.2. The average molecular weight is 425 g/mol. The van der Waals surface area contributed by atoms with Crippen molar-refractivity contribution in [2.45, 2.75) is 57.3 Å². The van der Waals surface area contributed by atoms with Crippen molar-refractivity contribution >= 4 is 23.5 Å². The Morgan fingerprint density at radius 2 is 2.20 bits per heavy atom. The van der Waals surface area contributed by atoms with Crippen molar-refractivity contribution in [1.29, 1.82) is 5.26 Å². The molecule has 3 heterocycles. The van der Waals surface area contributed by atoms with Crippen molar-refractivity contribution in [3.05, 3.63) is 47.3 Å². The molecule has 0 aliphatic heterocycles. The van der Waals surface area contributed by atoms with E-state index in [0.29, 0.717) is 29.1 Å². The molecule has 1 saturated carbocycles. The molecule has 9 heteroatoms. The second-order valence-corrected chi connectivity index (χ2v) is 8.45.